The van der Waals surface area contributed by atoms with Gasteiger partial charge in [0, 0.05) is 11.1 Å². The van der Waals surface area contributed by atoms with Crippen molar-refractivity contribution in [3.63, 3.8) is 0 Å². The quantitative estimate of drug-likeness (QED) is 0.788. The zero-order chi connectivity index (χ0) is 9.97. The maximum atomic E-state index is 5.98. The first kappa shape index (κ1) is 10.0. The molecule has 1 nitrogen and oxygen atoms in total. The highest BCUT2D eigenvalue weighted by atomic mass is 35.5. The molecule has 1 atom stereocenters. The van der Waals surface area contributed by atoms with Gasteiger partial charge in [0.2, 0.25) is 0 Å². The Morgan fingerprint density at radius 2 is 2.36 bits per heavy atom. The third-order valence-electron chi connectivity index (χ3n) is 2.92. The van der Waals surface area contributed by atoms with Crippen molar-refractivity contribution >= 4 is 11.6 Å². The Kier molecular flexibility index (Phi) is 3.09. The maximum absolute atomic E-state index is 5.98. The lowest BCUT2D eigenvalue weighted by molar-refractivity contribution is 0.641. The van der Waals surface area contributed by atoms with Gasteiger partial charge >= 0.3 is 0 Å². The molecular weight excluding hydrogens is 194 g/mol. The number of hydrogen-bond donors (Lipinski definition) is 1. The van der Waals surface area contributed by atoms with Gasteiger partial charge in [0.05, 0.1) is 0 Å². The second-order valence-corrected chi connectivity index (χ2v) is 4.28. The van der Waals surface area contributed by atoms with Crippen molar-refractivity contribution in [2.75, 3.05) is 6.54 Å². The summed E-state index contributed by atoms with van der Waals surface area (Å²) in [5, 5.41) is 4.37. The standard InChI is InChI=1S/C12H16ClN/c1-2-9-8-10(13)5-6-11(9)12-4-3-7-14-12/h5-6,8,12,14H,2-4,7H2,1H3. The molecule has 0 aliphatic carbocycles. The van der Waals surface area contributed by atoms with E-state index in [9.17, 15) is 0 Å². The van der Waals surface area contributed by atoms with Crippen LogP contribution in [0.4, 0.5) is 0 Å². The summed E-state index contributed by atoms with van der Waals surface area (Å²) in [6, 6.07) is 6.82. The minimum atomic E-state index is 0.558. The molecule has 1 fully saturated rings. The molecule has 1 heterocycles. The summed E-state index contributed by atoms with van der Waals surface area (Å²) in [4.78, 5) is 0. The molecule has 1 N–H and O–H groups in total. The summed E-state index contributed by atoms with van der Waals surface area (Å²) < 4.78 is 0. The molecule has 2 rings (SSSR count). The van der Waals surface area contributed by atoms with Crippen LogP contribution >= 0.6 is 11.6 Å². The lowest BCUT2D eigenvalue weighted by atomic mass is 9.98. The molecule has 0 saturated carbocycles. The van der Waals surface area contributed by atoms with Gasteiger partial charge < -0.3 is 5.32 Å². The average molecular weight is 210 g/mol. The Morgan fingerprint density at radius 1 is 1.50 bits per heavy atom. The van der Waals surface area contributed by atoms with Crippen molar-refractivity contribution in [1.82, 2.24) is 5.32 Å². The third kappa shape index (κ3) is 1.94. The number of rotatable bonds is 2. The second kappa shape index (κ2) is 4.33. The van der Waals surface area contributed by atoms with E-state index in [1.165, 1.54) is 24.0 Å². The highest BCUT2D eigenvalue weighted by molar-refractivity contribution is 6.30. The van der Waals surface area contributed by atoms with Crippen LogP contribution in [0.15, 0.2) is 18.2 Å². The minimum Gasteiger partial charge on any atom is -0.310 e. The molecule has 1 aromatic carbocycles. The number of aryl methyl sites for hydroxylation is 1. The number of nitrogens with one attached hydrogen (secondary N) is 1. The van der Waals surface area contributed by atoms with Crippen LogP contribution in [0.25, 0.3) is 0 Å². The lowest BCUT2D eigenvalue weighted by Crippen LogP contribution is -2.14. The lowest BCUT2D eigenvalue weighted by Gasteiger charge is -2.15. The topological polar surface area (TPSA) is 12.0 Å². The van der Waals surface area contributed by atoms with Crippen molar-refractivity contribution in [3.05, 3.63) is 34.3 Å². The Bertz CT molecular complexity index is 316. The van der Waals surface area contributed by atoms with Gasteiger partial charge in [-0.15, -0.1) is 0 Å². The summed E-state index contributed by atoms with van der Waals surface area (Å²) in [6.45, 7) is 3.33. The Balaban J connectivity index is 2.31. The molecule has 1 aliphatic heterocycles. The summed E-state index contributed by atoms with van der Waals surface area (Å²) in [7, 11) is 0. The molecule has 0 aromatic heterocycles. The van der Waals surface area contributed by atoms with E-state index in [1.807, 2.05) is 6.07 Å². The van der Waals surface area contributed by atoms with E-state index >= 15 is 0 Å². The van der Waals surface area contributed by atoms with Crippen molar-refractivity contribution in [2.45, 2.75) is 32.2 Å². The molecule has 1 unspecified atom stereocenters. The van der Waals surface area contributed by atoms with Gasteiger partial charge in [-0.25, -0.2) is 0 Å². The molecule has 1 saturated heterocycles. The van der Waals surface area contributed by atoms with Crippen molar-refractivity contribution < 1.29 is 0 Å². The van der Waals surface area contributed by atoms with E-state index in [4.69, 9.17) is 11.6 Å². The van der Waals surface area contributed by atoms with Gasteiger partial charge in [-0.2, -0.15) is 0 Å². The molecule has 14 heavy (non-hydrogen) atoms. The summed E-state index contributed by atoms with van der Waals surface area (Å²) >= 11 is 5.98. The Labute approximate surface area is 90.5 Å². The van der Waals surface area contributed by atoms with E-state index in [1.54, 1.807) is 0 Å². The molecular formula is C12H16ClN. The highest BCUT2D eigenvalue weighted by Crippen LogP contribution is 2.28. The van der Waals surface area contributed by atoms with Crippen molar-refractivity contribution in [2.24, 2.45) is 0 Å². The number of halogens is 1. The molecule has 76 valence electrons. The zero-order valence-electron chi connectivity index (χ0n) is 8.52. The first-order chi connectivity index (χ1) is 6.81. The van der Waals surface area contributed by atoms with Crippen LogP contribution in [0.1, 0.15) is 36.9 Å². The Hall–Kier alpha value is -0.530. The summed E-state index contributed by atoms with van der Waals surface area (Å²) in [5.41, 5.74) is 2.83. The zero-order valence-corrected chi connectivity index (χ0v) is 9.27. The molecule has 0 amide bonds. The van der Waals surface area contributed by atoms with Crippen LogP contribution in [0.3, 0.4) is 0 Å². The SMILES string of the molecule is CCc1cc(Cl)ccc1C1CCCN1. The average Bonchev–Trinajstić information content (AvgIpc) is 2.70. The van der Waals surface area contributed by atoms with Gasteiger partial charge in [0.25, 0.3) is 0 Å². The van der Waals surface area contributed by atoms with Gasteiger partial charge in [-0.1, -0.05) is 24.6 Å². The highest BCUT2D eigenvalue weighted by Gasteiger charge is 2.18. The monoisotopic (exact) mass is 209 g/mol. The van der Waals surface area contributed by atoms with Gasteiger partial charge in [0.1, 0.15) is 0 Å². The van der Waals surface area contributed by atoms with Crippen LogP contribution in [0.5, 0.6) is 0 Å². The first-order valence-electron chi connectivity index (χ1n) is 5.33. The van der Waals surface area contributed by atoms with Gasteiger partial charge in [0.15, 0.2) is 0 Å². The number of hydrogen-bond acceptors (Lipinski definition) is 1. The summed E-state index contributed by atoms with van der Waals surface area (Å²) in [6.07, 6.45) is 3.61. The molecule has 0 bridgehead atoms. The maximum Gasteiger partial charge on any atom is 0.0408 e. The predicted molar refractivity (Wildman–Crippen MR) is 60.8 cm³/mol. The van der Waals surface area contributed by atoms with Crippen molar-refractivity contribution in [3.8, 4) is 0 Å². The van der Waals surface area contributed by atoms with Gasteiger partial charge in [-0.3, -0.25) is 0 Å². The van der Waals surface area contributed by atoms with Crippen LogP contribution in [0.2, 0.25) is 5.02 Å². The fourth-order valence-electron chi connectivity index (χ4n) is 2.17. The van der Waals surface area contributed by atoms with E-state index in [0.717, 1.165) is 18.0 Å². The van der Waals surface area contributed by atoms with E-state index in [0.29, 0.717) is 6.04 Å². The van der Waals surface area contributed by atoms with Crippen LogP contribution in [0, 0.1) is 0 Å². The van der Waals surface area contributed by atoms with Crippen LogP contribution in [-0.2, 0) is 6.42 Å². The summed E-state index contributed by atoms with van der Waals surface area (Å²) in [5.74, 6) is 0. The second-order valence-electron chi connectivity index (χ2n) is 3.85. The molecule has 2 heteroatoms. The predicted octanol–water partition coefficient (Wildman–Crippen LogP) is 3.33. The van der Waals surface area contributed by atoms with Crippen molar-refractivity contribution in [1.29, 1.82) is 0 Å². The fraction of sp³-hybridized carbons (Fsp3) is 0.500. The smallest absolute Gasteiger partial charge is 0.0408 e. The molecule has 1 aromatic rings. The minimum absolute atomic E-state index is 0.558. The van der Waals surface area contributed by atoms with E-state index in [-0.39, 0.29) is 0 Å². The fourth-order valence-corrected chi connectivity index (χ4v) is 2.37. The number of benzene rings is 1. The van der Waals surface area contributed by atoms with E-state index in [2.05, 4.69) is 24.4 Å². The first-order valence-corrected chi connectivity index (χ1v) is 5.70. The van der Waals surface area contributed by atoms with Crippen LogP contribution < -0.4 is 5.32 Å². The largest absolute Gasteiger partial charge is 0.310 e. The Morgan fingerprint density at radius 3 is 3.00 bits per heavy atom. The molecule has 0 radical (unpaired) electrons. The van der Waals surface area contributed by atoms with Crippen LogP contribution in [-0.4, -0.2) is 6.54 Å². The van der Waals surface area contributed by atoms with Gasteiger partial charge in [-0.05, 0) is 49.1 Å². The normalized spacial score (nSPS) is 21.4. The third-order valence-corrected chi connectivity index (χ3v) is 3.16. The van der Waals surface area contributed by atoms with E-state index < -0.39 is 0 Å². The molecule has 0 spiro atoms. The molecule has 1 aliphatic rings.